The molecule has 0 saturated heterocycles. The van der Waals surface area contributed by atoms with Crippen LogP contribution in [0, 0.1) is 6.92 Å². The van der Waals surface area contributed by atoms with Crippen molar-refractivity contribution in [3.05, 3.63) is 81.0 Å². The second kappa shape index (κ2) is 7.07. The van der Waals surface area contributed by atoms with Crippen LogP contribution in [0.4, 0.5) is 0 Å². The minimum Gasteiger partial charge on any atom is -0.478 e. The molecule has 6 heteroatoms. The lowest BCUT2D eigenvalue weighted by molar-refractivity contribution is 0.0696. The van der Waals surface area contributed by atoms with Gasteiger partial charge in [0.1, 0.15) is 0 Å². The lowest BCUT2D eigenvalue weighted by Crippen LogP contribution is -2.21. The van der Waals surface area contributed by atoms with Crippen LogP contribution < -0.4 is 5.56 Å². The lowest BCUT2D eigenvalue weighted by Gasteiger charge is -2.09. The summed E-state index contributed by atoms with van der Waals surface area (Å²) in [5.41, 5.74) is 1.99. The molecule has 0 aromatic carbocycles. The van der Waals surface area contributed by atoms with Gasteiger partial charge in [0.25, 0.3) is 5.56 Å². The van der Waals surface area contributed by atoms with Crippen LogP contribution in [0.3, 0.4) is 0 Å². The molecule has 118 valence electrons. The Labute approximate surface area is 138 Å². The van der Waals surface area contributed by atoms with Crippen LogP contribution >= 0.6 is 11.6 Å². The van der Waals surface area contributed by atoms with Gasteiger partial charge in [0.05, 0.1) is 17.8 Å². The van der Waals surface area contributed by atoms with E-state index in [1.54, 1.807) is 12.3 Å². The first-order valence-electron chi connectivity index (χ1n) is 6.79. The number of aromatic carboxylic acids is 1. The number of rotatable bonds is 5. The maximum Gasteiger partial charge on any atom is 0.335 e. The van der Waals surface area contributed by atoms with Crippen molar-refractivity contribution in [1.29, 1.82) is 0 Å². The van der Waals surface area contributed by atoms with E-state index in [0.29, 0.717) is 10.7 Å². The standard InChI is InChI=1S/C17H15ClN2O3/c1-3-14(18)7-13-9-20(16(21)6-11(13)2)10-15-8-12(17(22)23)4-5-19-15/h3-9H,1,10H2,2H3,(H,22,23)/b14-7+. The van der Waals surface area contributed by atoms with Gasteiger partial charge in [-0.05, 0) is 36.3 Å². The van der Waals surface area contributed by atoms with Gasteiger partial charge in [-0.1, -0.05) is 24.3 Å². The molecule has 2 rings (SSSR count). The first-order chi connectivity index (χ1) is 10.9. The highest BCUT2D eigenvalue weighted by atomic mass is 35.5. The molecule has 0 fully saturated rings. The van der Waals surface area contributed by atoms with Crippen LogP contribution in [0.1, 0.15) is 27.2 Å². The number of pyridine rings is 2. The fraction of sp³-hybridized carbons (Fsp3) is 0.118. The van der Waals surface area contributed by atoms with Gasteiger partial charge in [-0.15, -0.1) is 0 Å². The zero-order chi connectivity index (χ0) is 17.0. The van der Waals surface area contributed by atoms with Gasteiger partial charge in [-0.25, -0.2) is 4.79 Å². The molecule has 0 atom stereocenters. The number of nitrogens with zero attached hydrogens (tertiary/aromatic N) is 2. The molecule has 1 N–H and O–H groups in total. The number of hydrogen-bond acceptors (Lipinski definition) is 3. The average molecular weight is 331 g/mol. The van der Waals surface area contributed by atoms with Crippen LogP contribution in [-0.4, -0.2) is 20.6 Å². The summed E-state index contributed by atoms with van der Waals surface area (Å²) in [4.78, 5) is 27.2. The molecule has 0 aliphatic heterocycles. The average Bonchev–Trinajstić information content (AvgIpc) is 2.52. The summed E-state index contributed by atoms with van der Waals surface area (Å²) in [6, 6.07) is 4.35. The Morgan fingerprint density at radius 3 is 2.87 bits per heavy atom. The Balaban J connectivity index is 2.42. The van der Waals surface area contributed by atoms with Gasteiger partial charge in [-0.2, -0.15) is 0 Å². The Bertz CT molecular complexity index is 853. The van der Waals surface area contributed by atoms with Crippen LogP contribution in [-0.2, 0) is 6.54 Å². The Morgan fingerprint density at radius 1 is 1.48 bits per heavy atom. The molecule has 0 spiro atoms. The molecule has 2 aromatic heterocycles. The molecule has 0 bridgehead atoms. The number of halogens is 1. The highest BCUT2D eigenvalue weighted by Crippen LogP contribution is 2.14. The quantitative estimate of drug-likeness (QED) is 0.855. The third kappa shape index (κ3) is 4.17. The first-order valence-corrected chi connectivity index (χ1v) is 7.17. The number of hydrogen-bond donors (Lipinski definition) is 1. The maximum atomic E-state index is 12.1. The lowest BCUT2D eigenvalue weighted by atomic mass is 10.1. The predicted molar refractivity (Wildman–Crippen MR) is 89.8 cm³/mol. The van der Waals surface area contributed by atoms with Crippen LogP contribution in [0.2, 0.25) is 0 Å². The molecule has 2 heterocycles. The SMILES string of the molecule is C=C/C(Cl)=C\c1cn(Cc2cc(C(=O)O)ccn2)c(=O)cc1C. The molecule has 5 nitrogen and oxygen atoms in total. The van der Waals surface area contributed by atoms with Gasteiger partial charge in [0.15, 0.2) is 0 Å². The number of aryl methyl sites for hydroxylation is 1. The molecule has 0 saturated carbocycles. The third-order valence-electron chi connectivity index (χ3n) is 3.26. The van der Waals surface area contributed by atoms with Crippen molar-refractivity contribution >= 4 is 23.6 Å². The van der Waals surface area contributed by atoms with Gasteiger partial charge >= 0.3 is 5.97 Å². The van der Waals surface area contributed by atoms with Gasteiger partial charge in [0, 0.05) is 23.5 Å². The van der Waals surface area contributed by atoms with E-state index < -0.39 is 5.97 Å². The number of carbonyl (C=O) groups is 1. The summed E-state index contributed by atoms with van der Waals surface area (Å²) in [5.74, 6) is -1.04. The zero-order valence-electron chi connectivity index (χ0n) is 12.5. The van der Waals surface area contributed by atoms with E-state index in [2.05, 4.69) is 11.6 Å². The van der Waals surface area contributed by atoms with Gasteiger partial charge in [-0.3, -0.25) is 9.78 Å². The highest BCUT2D eigenvalue weighted by molar-refractivity contribution is 6.33. The van der Waals surface area contributed by atoms with Crippen molar-refractivity contribution in [1.82, 2.24) is 9.55 Å². The summed E-state index contributed by atoms with van der Waals surface area (Å²) in [7, 11) is 0. The number of carboxylic acid groups (broad SMARTS) is 1. The minimum atomic E-state index is -1.04. The van der Waals surface area contributed by atoms with Gasteiger partial charge < -0.3 is 9.67 Å². The van der Waals surface area contributed by atoms with Crippen molar-refractivity contribution in [2.24, 2.45) is 0 Å². The van der Waals surface area contributed by atoms with E-state index in [1.165, 1.54) is 35.0 Å². The number of aromatic nitrogens is 2. The van der Waals surface area contributed by atoms with Crippen molar-refractivity contribution < 1.29 is 9.90 Å². The zero-order valence-corrected chi connectivity index (χ0v) is 13.2. The minimum absolute atomic E-state index is 0.130. The van der Waals surface area contributed by atoms with E-state index in [4.69, 9.17) is 16.7 Å². The molecule has 23 heavy (non-hydrogen) atoms. The normalized spacial score (nSPS) is 11.3. The topological polar surface area (TPSA) is 72.2 Å². The third-order valence-corrected chi connectivity index (χ3v) is 3.52. The summed E-state index contributed by atoms with van der Waals surface area (Å²) in [6.45, 7) is 5.57. The monoisotopic (exact) mass is 330 g/mol. The summed E-state index contributed by atoms with van der Waals surface area (Å²) >= 11 is 5.96. The molecule has 2 aromatic rings. The smallest absolute Gasteiger partial charge is 0.335 e. The maximum absolute atomic E-state index is 12.1. The molecular weight excluding hydrogens is 316 g/mol. The van der Waals surface area contributed by atoms with Crippen LogP contribution in [0.25, 0.3) is 6.08 Å². The second-order valence-corrected chi connectivity index (χ2v) is 5.39. The van der Waals surface area contributed by atoms with E-state index >= 15 is 0 Å². The van der Waals surface area contributed by atoms with E-state index in [9.17, 15) is 9.59 Å². The molecule has 0 radical (unpaired) electrons. The predicted octanol–water partition coefficient (Wildman–Crippen LogP) is 3.06. The Kier molecular flexibility index (Phi) is 5.13. The fourth-order valence-corrected chi connectivity index (χ4v) is 2.16. The molecule has 0 aliphatic rings. The molecule has 0 amide bonds. The highest BCUT2D eigenvalue weighted by Gasteiger charge is 2.07. The Hall–Kier alpha value is -2.66. The summed E-state index contributed by atoms with van der Waals surface area (Å²) in [6.07, 6.45) is 6.29. The largest absolute Gasteiger partial charge is 0.478 e. The van der Waals surface area contributed by atoms with Crippen LogP contribution in [0.15, 0.2) is 53.1 Å². The van der Waals surface area contributed by atoms with E-state index in [0.717, 1.165) is 11.1 Å². The number of carboxylic acids is 1. The first kappa shape index (κ1) is 16.7. The molecule has 0 aliphatic carbocycles. The molecule has 0 unspecified atom stereocenters. The second-order valence-electron chi connectivity index (χ2n) is 4.95. The summed E-state index contributed by atoms with van der Waals surface area (Å²) in [5, 5.41) is 9.47. The van der Waals surface area contributed by atoms with Crippen LogP contribution in [0.5, 0.6) is 0 Å². The van der Waals surface area contributed by atoms with Crippen molar-refractivity contribution in [2.75, 3.05) is 0 Å². The molecular formula is C17H15ClN2O3. The van der Waals surface area contributed by atoms with Gasteiger partial charge in [0.2, 0.25) is 0 Å². The van der Waals surface area contributed by atoms with E-state index in [-0.39, 0.29) is 17.7 Å². The number of allylic oxidation sites excluding steroid dienone is 2. The summed E-state index contributed by atoms with van der Waals surface area (Å²) < 4.78 is 1.46. The fourth-order valence-electron chi connectivity index (χ4n) is 2.04. The Morgan fingerprint density at radius 2 is 2.22 bits per heavy atom. The van der Waals surface area contributed by atoms with E-state index in [1.807, 2.05) is 6.92 Å². The van der Waals surface area contributed by atoms with Crippen molar-refractivity contribution in [3.63, 3.8) is 0 Å². The van der Waals surface area contributed by atoms with Crippen molar-refractivity contribution in [3.8, 4) is 0 Å². The van der Waals surface area contributed by atoms with Crippen molar-refractivity contribution in [2.45, 2.75) is 13.5 Å².